The molecule has 0 aliphatic carbocycles. The van der Waals surface area contributed by atoms with E-state index in [0.717, 1.165) is 48.2 Å². The minimum atomic E-state index is -0.888. The maximum atomic E-state index is 12.7. The molecule has 0 bridgehead atoms. The number of anilines is 1. The largest absolute Gasteiger partial charge is 0.392 e. The van der Waals surface area contributed by atoms with Crippen LogP contribution in [0, 0.1) is 0 Å². The zero-order valence-electron chi connectivity index (χ0n) is 27.2. The molecule has 2 aliphatic heterocycles. The van der Waals surface area contributed by atoms with Gasteiger partial charge < -0.3 is 29.9 Å². The fourth-order valence-corrected chi connectivity index (χ4v) is 6.57. The SMILES string of the molecule is O=C(CCCCCCC(=O)Nc1cccc([C@@H]2O[C@H](CN3CCC(O)(c4ccc(Cl)cc4)CC3)C[C@H](c3ccc(CO)cc3)O2)c1)NO. The van der Waals surface area contributed by atoms with Crippen molar-refractivity contribution in [1.82, 2.24) is 10.4 Å². The Kier molecular flexibility index (Phi) is 13.0. The third-order valence-corrected chi connectivity index (χ3v) is 9.52. The number of aliphatic hydroxyl groups excluding tert-OH is 1. The van der Waals surface area contributed by atoms with Gasteiger partial charge in [0.05, 0.1) is 24.4 Å². The van der Waals surface area contributed by atoms with Crippen LogP contribution < -0.4 is 10.8 Å². The zero-order chi connectivity index (χ0) is 33.9. The molecule has 10 nitrogen and oxygen atoms in total. The Labute approximate surface area is 287 Å². The van der Waals surface area contributed by atoms with Gasteiger partial charge in [0.2, 0.25) is 11.8 Å². The van der Waals surface area contributed by atoms with Gasteiger partial charge in [0, 0.05) is 55.2 Å². The molecule has 2 aliphatic rings. The van der Waals surface area contributed by atoms with Crippen LogP contribution in [0.25, 0.3) is 0 Å². The van der Waals surface area contributed by atoms with Gasteiger partial charge in [-0.05, 0) is 66.6 Å². The van der Waals surface area contributed by atoms with Crippen LogP contribution in [0.4, 0.5) is 5.69 Å². The molecule has 3 atom stereocenters. The average molecular weight is 680 g/mol. The summed E-state index contributed by atoms with van der Waals surface area (Å²) in [6, 6.07) is 22.8. The second-order valence-electron chi connectivity index (χ2n) is 12.8. The Morgan fingerprint density at radius 3 is 2.23 bits per heavy atom. The molecule has 0 spiro atoms. The Morgan fingerprint density at radius 1 is 0.875 bits per heavy atom. The minimum absolute atomic E-state index is 0.0284. The van der Waals surface area contributed by atoms with Crippen LogP contribution in [-0.2, 0) is 31.3 Å². The molecule has 11 heteroatoms. The molecule has 5 N–H and O–H groups in total. The predicted molar refractivity (Wildman–Crippen MR) is 182 cm³/mol. The third kappa shape index (κ3) is 10.1. The van der Waals surface area contributed by atoms with Crippen molar-refractivity contribution in [2.24, 2.45) is 0 Å². The highest BCUT2D eigenvalue weighted by Gasteiger charge is 2.37. The first-order chi connectivity index (χ1) is 23.2. The van der Waals surface area contributed by atoms with Gasteiger partial charge in [-0.2, -0.15) is 0 Å². The van der Waals surface area contributed by atoms with Crippen molar-refractivity contribution in [3.63, 3.8) is 0 Å². The normalized spacial score (nSPS) is 21.0. The van der Waals surface area contributed by atoms with Crippen LogP contribution in [-0.4, -0.2) is 57.9 Å². The van der Waals surface area contributed by atoms with E-state index < -0.39 is 17.8 Å². The molecule has 258 valence electrons. The number of carbonyl (C=O) groups excluding carboxylic acids is 2. The van der Waals surface area contributed by atoms with E-state index in [2.05, 4.69) is 10.2 Å². The number of rotatable bonds is 14. The maximum Gasteiger partial charge on any atom is 0.243 e. The van der Waals surface area contributed by atoms with E-state index in [4.69, 9.17) is 26.3 Å². The Morgan fingerprint density at radius 2 is 1.56 bits per heavy atom. The minimum Gasteiger partial charge on any atom is -0.392 e. The summed E-state index contributed by atoms with van der Waals surface area (Å²) in [5.41, 5.74) is 4.92. The zero-order valence-corrected chi connectivity index (χ0v) is 27.9. The van der Waals surface area contributed by atoms with E-state index in [1.54, 1.807) is 5.48 Å². The second kappa shape index (κ2) is 17.3. The van der Waals surface area contributed by atoms with Crippen LogP contribution in [0.1, 0.15) is 92.4 Å². The Bertz CT molecular complexity index is 1480. The number of benzene rings is 3. The van der Waals surface area contributed by atoms with Gasteiger partial charge in [-0.25, -0.2) is 5.48 Å². The molecule has 0 saturated carbocycles. The number of carbonyl (C=O) groups is 2. The van der Waals surface area contributed by atoms with Crippen LogP contribution in [0.3, 0.4) is 0 Å². The fraction of sp³-hybridized carbons (Fsp3) is 0.459. The lowest BCUT2D eigenvalue weighted by Gasteiger charge is -2.42. The smallest absolute Gasteiger partial charge is 0.243 e. The highest BCUT2D eigenvalue weighted by Crippen LogP contribution is 2.40. The predicted octanol–water partition coefficient (Wildman–Crippen LogP) is 6.15. The number of amides is 2. The summed E-state index contributed by atoms with van der Waals surface area (Å²) >= 11 is 6.07. The van der Waals surface area contributed by atoms with Crippen molar-refractivity contribution in [1.29, 1.82) is 0 Å². The average Bonchev–Trinajstić information content (AvgIpc) is 3.11. The number of nitrogens with zero attached hydrogens (tertiary/aromatic N) is 1. The summed E-state index contributed by atoms with van der Waals surface area (Å²) in [5, 5.41) is 33.1. The van der Waals surface area contributed by atoms with Crippen molar-refractivity contribution >= 4 is 29.1 Å². The summed E-state index contributed by atoms with van der Waals surface area (Å²) < 4.78 is 13.1. The molecular formula is C37H46ClN3O7. The third-order valence-electron chi connectivity index (χ3n) is 9.27. The molecule has 0 aromatic heterocycles. The van der Waals surface area contributed by atoms with E-state index >= 15 is 0 Å². The molecule has 0 radical (unpaired) electrons. The lowest BCUT2D eigenvalue weighted by Crippen LogP contribution is -2.46. The fourth-order valence-electron chi connectivity index (χ4n) is 6.44. The number of ether oxygens (including phenoxy) is 2. The number of hydrogen-bond acceptors (Lipinski definition) is 8. The van der Waals surface area contributed by atoms with Crippen LogP contribution >= 0.6 is 11.6 Å². The molecule has 0 unspecified atom stereocenters. The van der Waals surface area contributed by atoms with E-state index in [0.29, 0.717) is 55.8 Å². The highest BCUT2D eigenvalue weighted by atomic mass is 35.5. The lowest BCUT2D eigenvalue weighted by atomic mass is 9.84. The van der Waals surface area contributed by atoms with E-state index in [9.17, 15) is 19.8 Å². The van der Waals surface area contributed by atoms with Crippen molar-refractivity contribution < 1.29 is 34.5 Å². The quantitative estimate of drug-likeness (QED) is 0.0777. The lowest BCUT2D eigenvalue weighted by molar-refractivity contribution is -0.253. The van der Waals surface area contributed by atoms with E-state index in [-0.39, 0.29) is 31.1 Å². The van der Waals surface area contributed by atoms with Gasteiger partial charge in [-0.1, -0.05) is 73.0 Å². The number of likely N-dealkylation sites (tertiary alicyclic amines) is 1. The molecule has 2 amide bonds. The molecule has 2 heterocycles. The first-order valence-corrected chi connectivity index (χ1v) is 17.2. The number of unbranched alkanes of at least 4 members (excludes halogenated alkanes) is 3. The van der Waals surface area contributed by atoms with Crippen LogP contribution in [0.2, 0.25) is 5.02 Å². The van der Waals surface area contributed by atoms with E-state index in [1.165, 1.54) is 0 Å². The number of piperidine rings is 1. The van der Waals surface area contributed by atoms with Crippen LogP contribution in [0.15, 0.2) is 72.8 Å². The summed E-state index contributed by atoms with van der Waals surface area (Å²) in [6.07, 6.45) is 4.44. The van der Waals surface area contributed by atoms with Crippen molar-refractivity contribution in [3.05, 3.63) is 100 Å². The number of hydroxylamine groups is 1. The molecule has 3 aromatic rings. The van der Waals surface area contributed by atoms with Gasteiger partial charge in [0.15, 0.2) is 6.29 Å². The topological polar surface area (TPSA) is 141 Å². The standard InChI is InChI=1S/C37H46ClN3O7/c38-30-16-14-29(15-17-30)37(45)18-20-41(21-19-37)24-32-23-33(27-12-10-26(25-42)11-13-27)48-36(47-32)28-6-5-7-31(22-28)39-34(43)8-3-1-2-4-9-35(44)40-46/h5-7,10-17,22,32-33,36,42,45-46H,1-4,8-9,18-21,23-25H2,(H,39,43)(H,40,44)/t32-,33+,36+/m0/s1. The Hall–Kier alpha value is -3.35. The molecule has 5 rings (SSSR count). The second-order valence-corrected chi connectivity index (χ2v) is 13.2. The number of hydrogen-bond donors (Lipinski definition) is 5. The summed E-state index contributed by atoms with van der Waals surface area (Å²) in [5.74, 6) is -0.487. The van der Waals surface area contributed by atoms with Gasteiger partial charge in [-0.15, -0.1) is 0 Å². The van der Waals surface area contributed by atoms with Gasteiger partial charge in [0.25, 0.3) is 0 Å². The number of aliphatic hydroxyl groups is 2. The Balaban J connectivity index is 1.21. The first-order valence-electron chi connectivity index (χ1n) is 16.8. The van der Waals surface area contributed by atoms with Crippen molar-refractivity contribution in [3.8, 4) is 0 Å². The van der Waals surface area contributed by atoms with Crippen molar-refractivity contribution in [2.75, 3.05) is 25.0 Å². The molecule has 2 fully saturated rings. The van der Waals surface area contributed by atoms with Gasteiger partial charge in [0.1, 0.15) is 0 Å². The molecule has 48 heavy (non-hydrogen) atoms. The monoisotopic (exact) mass is 679 g/mol. The summed E-state index contributed by atoms with van der Waals surface area (Å²) in [7, 11) is 0. The number of nitrogens with one attached hydrogen (secondary N) is 2. The van der Waals surface area contributed by atoms with Gasteiger partial charge in [-0.3, -0.25) is 14.8 Å². The maximum absolute atomic E-state index is 12.7. The molecular weight excluding hydrogens is 634 g/mol. The molecule has 2 saturated heterocycles. The molecule has 3 aromatic carbocycles. The number of halogens is 1. The van der Waals surface area contributed by atoms with Crippen molar-refractivity contribution in [2.45, 2.75) is 88.5 Å². The highest BCUT2D eigenvalue weighted by molar-refractivity contribution is 6.30. The van der Waals surface area contributed by atoms with Crippen LogP contribution in [0.5, 0.6) is 0 Å². The summed E-state index contributed by atoms with van der Waals surface area (Å²) in [4.78, 5) is 26.1. The first kappa shape index (κ1) is 35.9. The summed E-state index contributed by atoms with van der Waals surface area (Å²) in [6.45, 7) is 2.10. The van der Waals surface area contributed by atoms with E-state index in [1.807, 2.05) is 72.8 Å². The van der Waals surface area contributed by atoms with Gasteiger partial charge >= 0.3 is 0 Å².